The van der Waals surface area contributed by atoms with Gasteiger partial charge in [-0.3, -0.25) is 14.4 Å². The number of carboxylic acid groups (broad SMARTS) is 1. The first kappa shape index (κ1) is 28.4. The molecule has 0 spiro atoms. The van der Waals surface area contributed by atoms with Crippen LogP contribution in [0.2, 0.25) is 0 Å². The van der Waals surface area contributed by atoms with Gasteiger partial charge in [0.25, 0.3) is 0 Å². The van der Waals surface area contributed by atoms with E-state index in [0.717, 1.165) is 0 Å². The summed E-state index contributed by atoms with van der Waals surface area (Å²) in [6.45, 7) is 1.65. The van der Waals surface area contributed by atoms with E-state index in [1.54, 1.807) is 0 Å². The van der Waals surface area contributed by atoms with E-state index in [4.69, 9.17) is 11.5 Å². The lowest BCUT2D eigenvalue weighted by Gasteiger charge is -2.26. The van der Waals surface area contributed by atoms with Crippen LogP contribution in [0.5, 0.6) is 0 Å². The highest BCUT2D eigenvalue weighted by atomic mass is 32.1. The van der Waals surface area contributed by atoms with Crippen molar-refractivity contribution in [3.63, 3.8) is 0 Å². The number of hydrogen-bond donors (Lipinski definition) is 9. The van der Waals surface area contributed by atoms with Crippen molar-refractivity contribution in [2.24, 2.45) is 11.5 Å². The normalized spacial score (nSPS) is 15.5. The van der Waals surface area contributed by atoms with Crippen LogP contribution in [0.1, 0.15) is 31.9 Å². The Hall–Kier alpha value is -2.68. The number of imidazole rings is 1. The van der Waals surface area contributed by atoms with Crippen molar-refractivity contribution >= 4 is 36.3 Å². The monoisotopic (exact) mass is 487 g/mol. The molecule has 0 fully saturated rings. The third-order valence-electron chi connectivity index (χ3n) is 4.77. The average Bonchev–Trinajstić information content (AvgIpc) is 3.27. The number of thiol groups is 1. The van der Waals surface area contributed by atoms with Gasteiger partial charge in [0.1, 0.15) is 18.1 Å². The number of aliphatic hydroxyl groups excluding tert-OH is 1. The number of hydrogen-bond acceptors (Lipinski definition) is 9. The number of carbonyl (C=O) groups excluding carboxylic acids is 3. The van der Waals surface area contributed by atoms with E-state index in [1.807, 2.05) is 0 Å². The molecule has 10 N–H and O–H groups in total. The van der Waals surface area contributed by atoms with Gasteiger partial charge in [-0.1, -0.05) is 0 Å². The second-order valence-corrected chi connectivity index (χ2v) is 7.91. The lowest BCUT2D eigenvalue weighted by Crippen LogP contribution is -2.60. The third-order valence-corrected chi connectivity index (χ3v) is 5.14. The third kappa shape index (κ3) is 9.77. The molecular formula is C19H33N7O6S. The molecule has 0 saturated heterocycles. The van der Waals surface area contributed by atoms with E-state index in [0.29, 0.717) is 25.1 Å². The zero-order valence-electron chi connectivity index (χ0n) is 18.4. The summed E-state index contributed by atoms with van der Waals surface area (Å²) in [4.78, 5) is 55.7. The summed E-state index contributed by atoms with van der Waals surface area (Å²) in [5, 5.41) is 26.4. The summed E-state index contributed by atoms with van der Waals surface area (Å²) in [5.41, 5.74) is 11.9. The number of nitrogens with one attached hydrogen (secondary N) is 4. The van der Waals surface area contributed by atoms with Crippen molar-refractivity contribution < 1.29 is 29.4 Å². The standard InChI is InChI=1S/C19H33N7O6S/c1-10(27)15(18(30)24-13(19(31)32)4-2-3-5-20)26-17(29)14(8-33)25-16(28)12(21)6-11-7-22-9-23-11/h7,9-10,12-15,27,33H,2-6,8,20-21H2,1H3,(H,22,23)(H,24,30)(H,25,28)(H,26,29)(H,31,32). The van der Waals surface area contributed by atoms with Crippen molar-refractivity contribution in [1.82, 2.24) is 25.9 Å². The van der Waals surface area contributed by atoms with Crippen molar-refractivity contribution in [1.29, 1.82) is 0 Å². The minimum Gasteiger partial charge on any atom is -0.480 e. The molecule has 0 aliphatic rings. The van der Waals surface area contributed by atoms with E-state index < -0.39 is 54.0 Å². The number of amides is 3. The number of unbranched alkanes of at least 4 members (excludes halogenated alkanes) is 1. The Bertz CT molecular complexity index is 777. The summed E-state index contributed by atoms with van der Waals surface area (Å²) in [7, 11) is 0. The molecule has 186 valence electrons. The molecule has 1 aromatic rings. The number of rotatable bonds is 15. The number of carboxylic acids is 1. The molecule has 33 heavy (non-hydrogen) atoms. The predicted molar refractivity (Wildman–Crippen MR) is 122 cm³/mol. The van der Waals surface area contributed by atoms with Crippen LogP contribution in [0.3, 0.4) is 0 Å². The smallest absolute Gasteiger partial charge is 0.326 e. The number of H-pyrrole nitrogens is 1. The van der Waals surface area contributed by atoms with Gasteiger partial charge in [-0.2, -0.15) is 12.6 Å². The van der Waals surface area contributed by atoms with Crippen molar-refractivity contribution in [2.45, 2.75) is 62.9 Å². The van der Waals surface area contributed by atoms with Crippen LogP contribution < -0.4 is 27.4 Å². The molecule has 0 aliphatic heterocycles. The minimum atomic E-state index is -1.45. The Labute approximate surface area is 196 Å². The van der Waals surface area contributed by atoms with Crippen molar-refractivity contribution in [3.05, 3.63) is 18.2 Å². The SMILES string of the molecule is CC(O)C(NC(=O)C(CS)NC(=O)C(N)Cc1cnc[nH]1)C(=O)NC(CCCCN)C(=O)O. The fraction of sp³-hybridized carbons (Fsp3) is 0.632. The van der Waals surface area contributed by atoms with Crippen molar-refractivity contribution in [2.75, 3.05) is 12.3 Å². The molecule has 1 heterocycles. The zero-order chi connectivity index (χ0) is 25.0. The van der Waals surface area contributed by atoms with E-state index in [2.05, 4.69) is 38.5 Å². The van der Waals surface area contributed by atoms with E-state index in [-0.39, 0.29) is 18.6 Å². The predicted octanol–water partition coefficient (Wildman–Crippen LogP) is -2.74. The van der Waals surface area contributed by atoms with Gasteiger partial charge < -0.3 is 42.6 Å². The second kappa shape index (κ2) is 14.5. The molecule has 14 heteroatoms. The summed E-state index contributed by atoms with van der Waals surface area (Å²) < 4.78 is 0. The molecule has 0 radical (unpaired) electrons. The summed E-state index contributed by atoms with van der Waals surface area (Å²) in [6.07, 6.45) is 2.98. The minimum absolute atomic E-state index is 0.112. The maximum absolute atomic E-state index is 12.6. The summed E-state index contributed by atoms with van der Waals surface area (Å²) in [6, 6.07) is -4.78. The van der Waals surface area contributed by atoms with Crippen LogP contribution >= 0.6 is 12.6 Å². The Morgan fingerprint density at radius 3 is 2.30 bits per heavy atom. The van der Waals surface area contributed by atoms with E-state index in [1.165, 1.54) is 19.4 Å². The fourth-order valence-corrected chi connectivity index (χ4v) is 3.13. The van der Waals surface area contributed by atoms with E-state index in [9.17, 15) is 29.4 Å². The quantitative estimate of drug-likeness (QED) is 0.0922. The van der Waals surface area contributed by atoms with E-state index >= 15 is 0 Å². The lowest BCUT2D eigenvalue weighted by molar-refractivity contribution is -0.143. The number of nitrogens with zero attached hydrogens (tertiary/aromatic N) is 1. The van der Waals surface area contributed by atoms with Gasteiger partial charge in [0.15, 0.2) is 0 Å². The molecule has 5 unspecified atom stereocenters. The molecule has 1 aromatic heterocycles. The fourth-order valence-electron chi connectivity index (χ4n) is 2.87. The molecule has 0 bridgehead atoms. The zero-order valence-corrected chi connectivity index (χ0v) is 19.3. The first-order chi connectivity index (χ1) is 15.6. The van der Waals surface area contributed by atoms with Crippen LogP contribution in [0, 0.1) is 0 Å². The Balaban J connectivity index is 2.74. The summed E-state index contributed by atoms with van der Waals surface area (Å²) in [5.74, 6) is -3.65. The molecule has 0 aromatic carbocycles. The number of nitrogens with two attached hydrogens (primary N) is 2. The maximum atomic E-state index is 12.6. The maximum Gasteiger partial charge on any atom is 0.326 e. The molecule has 13 nitrogen and oxygen atoms in total. The molecule has 0 aliphatic carbocycles. The highest BCUT2D eigenvalue weighted by molar-refractivity contribution is 7.80. The Morgan fingerprint density at radius 2 is 1.79 bits per heavy atom. The van der Waals surface area contributed by atoms with Gasteiger partial charge >= 0.3 is 5.97 Å². The van der Waals surface area contributed by atoms with Crippen LogP contribution in [0.15, 0.2) is 12.5 Å². The number of aromatic nitrogens is 2. The van der Waals surface area contributed by atoms with Crippen LogP contribution in [0.4, 0.5) is 0 Å². The molecule has 5 atom stereocenters. The van der Waals surface area contributed by atoms with Crippen LogP contribution in [-0.4, -0.2) is 86.4 Å². The van der Waals surface area contributed by atoms with Gasteiger partial charge in [0.2, 0.25) is 17.7 Å². The highest BCUT2D eigenvalue weighted by Crippen LogP contribution is 2.04. The van der Waals surface area contributed by atoms with Crippen molar-refractivity contribution in [3.8, 4) is 0 Å². The highest BCUT2D eigenvalue weighted by Gasteiger charge is 2.32. The van der Waals surface area contributed by atoms with Gasteiger partial charge in [0.05, 0.1) is 18.5 Å². The summed E-state index contributed by atoms with van der Waals surface area (Å²) >= 11 is 4.06. The molecule has 1 rings (SSSR count). The number of carbonyl (C=O) groups is 4. The van der Waals surface area contributed by atoms with Gasteiger partial charge in [0, 0.05) is 24.1 Å². The van der Waals surface area contributed by atoms with Gasteiger partial charge in [-0.25, -0.2) is 9.78 Å². The lowest BCUT2D eigenvalue weighted by atomic mass is 10.1. The molecular weight excluding hydrogens is 454 g/mol. The largest absolute Gasteiger partial charge is 0.480 e. The van der Waals surface area contributed by atoms with Crippen LogP contribution in [0.25, 0.3) is 0 Å². The van der Waals surface area contributed by atoms with Gasteiger partial charge in [-0.15, -0.1) is 0 Å². The Morgan fingerprint density at radius 1 is 1.12 bits per heavy atom. The first-order valence-corrected chi connectivity index (χ1v) is 11.1. The van der Waals surface area contributed by atoms with Crippen LogP contribution in [-0.2, 0) is 25.6 Å². The first-order valence-electron chi connectivity index (χ1n) is 10.5. The number of aliphatic carboxylic acids is 1. The molecule has 0 saturated carbocycles. The average molecular weight is 488 g/mol. The van der Waals surface area contributed by atoms with Gasteiger partial charge in [-0.05, 0) is 32.7 Å². The topological polar surface area (TPSA) is 226 Å². The second-order valence-electron chi connectivity index (χ2n) is 7.54. The number of aromatic amines is 1. The Kier molecular flexibility index (Phi) is 12.4. The number of aliphatic hydroxyl groups is 1. The molecule has 3 amide bonds.